The highest BCUT2D eigenvalue weighted by molar-refractivity contribution is 6.47. The van der Waals surface area contributed by atoms with Crippen molar-refractivity contribution >= 4 is 7.12 Å². The van der Waals surface area contributed by atoms with Gasteiger partial charge in [-0.15, -0.1) is 0 Å². The summed E-state index contributed by atoms with van der Waals surface area (Å²) in [5.74, 6) is 1.80. The monoisotopic (exact) mass is 251 g/mol. The van der Waals surface area contributed by atoms with Crippen molar-refractivity contribution in [1.29, 1.82) is 0 Å². The SMILES string of the molecule is CC(C)[C@H](N)B1O[C@@H]2C[C@@H]3C[C@@H](C3(C)C)[C@]2(C)O1. The summed E-state index contributed by atoms with van der Waals surface area (Å²) in [5.41, 5.74) is 6.50. The predicted octanol–water partition coefficient (Wildman–Crippen LogP) is 2.24. The third-order valence-electron chi connectivity index (χ3n) is 6.05. The van der Waals surface area contributed by atoms with E-state index in [2.05, 4.69) is 34.6 Å². The predicted molar refractivity (Wildman–Crippen MR) is 72.9 cm³/mol. The van der Waals surface area contributed by atoms with Crippen LogP contribution in [0.5, 0.6) is 0 Å². The van der Waals surface area contributed by atoms with E-state index in [1.165, 1.54) is 6.42 Å². The van der Waals surface area contributed by atoms with Crippen LogP contribution in [0, 0.1) is 23.2 Å². The Hall–Kier alpha value is -0.0551. The molecular formula is C14H26BNO2. The Morgan fingerprint density at radius 2 is 1.89 bits per heavy atom. The van der Waals surface area contributed by atoms with Gasteiger partial charge in [0, 0.05) is 5.94 Å². The Bertz CT molecular complexity index is 360. The molecule has 102 valence electrons. The molecule has 4 aliphatic rings. The van der Waals surface area contributed by atoms with Gasteiger partial charge in [-0.1, -0.05) is 27.7 Å². The summed E-state index contributed by atoms with van der Waals surface area (Å²) < 4.78 is 12.5. The standard InChI is InChI=1S/C14H26BNO2/c1-8(2)12(16)15-17-11-7-9-6-10(13(9,3)4)14(11,5)18-15/h8-12H,6-7,16H2,1-5H3/t9-,10-,11+,12-,14-/m0/s1. The van der Waals surface area contributed by atoms with Gasteiger partial charge in [0.2, 0.25) is 0 Å². The van der Waals surface area contributed by atoms with E-state index in [4.69, 9.17) is 15.0 Å². The van der Waals surface area contributed by atoms with Crippen LogP contribution in [0.4, 0.5) is 0 Å². The molecule has 18 heavy (non-hydrogen) atoms. The highest BCUT2D eigenvalue weighted by Crippen LogP contribution is 2.65. The van der Waals surface area contributed by atoms with Crippen LogP contribution in [0.2, 0.25) is 0 Å². The zero-order valence-corrected chi connectivity index (χ0v) is 12.3. The van der Waals surface area contributed by atoms with Gasteiger partial charge in [-0.3, -0.25) is 0 Å². The van der Waals surface area contributed by atoms with Crippen LogP contribution in [0.3, 0.4) is 0 Å². The fourth-order valence-corrected chi connectivity index (χ4v) is 4.38. The summed E-state index contributed by atoms with van der Waals surface area (Å²) in [4.78, 5) is 0. The molecule has 1 aliphatic heterocycles. The second-order valence-electron chi connectivity index (χ2n) is 7.66. The number of hydrogen-bond acceptors (Lipinski definition) is 3. The van der Waals surface area contributed by atoms with Gasteiger partial charge in [0.15, 0.2) is 0 Å². The molecule has 0 spiro atoms. The van der Waals surface area contributed by atoms with E-state index in [1.54, 1.807) is 0 Å². The third kappa shape index (κ3) is 1.49. The maximum Gasteiger partial charge on any atom is 0.475 e. The van der Waals surface area contributed by atoms with Crippen molar-refractivity contribution in [3.63, 3.8) is 0 Å². The second kappa shape index (κ2) is 3.74. The van der Waals surface area contributed by atoms with Gasteiger partial charge in [-0.25, -0.2) is 0 Å². The van der Waals surface area contributed by atoms with Crippen molar-refractivity contribution < 1.29 is 9.31 Å². The van der Waals surface area contributed by atoms with Gasteiger partial charge in [0.25, 0.3) is 0 Å². The molecule has 2 bridgehead atoms. The van der Waals surface area contributed by atoms with Crippen molar-refractivity contribution in [2.45, 2.75) is 65.1 Å². The number of rotatable bonds is 2. The lowest BCUT2D eigenvalue weighted by atomic mass is 9.43. The molecule has 1 saturated heterocycles. The van der Waals surface area contributed by atoms with Crippen LogP contribution in [0.25, 0.3) is 0 Å². The minimum Gasteiger partial charge on any atom is -0.404 e. The Kier molecular flexibility index (Phi) is 2.69. The number of hydrogen-bond donors (Lipinski definition) is 1. The summed E-state index contributed by atoms with van der Waals surface area (Å²) in [6, 6.07) is 0. The van der Waals surface area contributed by atoms with E-state index >= 15 is 0 Å². The van der Waals surface area contributed by atoms with Crippen LogP contribution in [0.1, 0.15) is 47.5 Å². The van der Waals surface area contributed by atoms with Crippen LogP contribution >= 0.6 is 0 Å². The molecule has 4 heteroatoms. The van der Waals surface area contributed by atoms with Gasteiger partial charge < -0.3 is 15.0 Å². The molecule has 0 aromatic rings. The van der Waals surface area contributed by atoms with Crippen molar-refractivity contribution in [3.8, 4) is 0 Å². The van der Waals surface area contributed by atoms with E-state index in [-0.39, 0.29) is 24.8 Å². The van der Waals surface area contributed by atoms with E-state index in [9.17, 15) is 0 Å². The lowest BCUT2D eigenvalue weighted by Gasteiger charge is -2.64. The summed E-state index contributed by atoms with van der Waals surface area (Å²) in [6.45, 7) is 11.3. The third-order valence-corrected chi connectivity index (χ3v) is 6.05. The Balaban J connectivity index is 1.81. The first-order chi connectivity index (χ1) is 8.26. The molecule has 5 atom stereocenters. The molecule has 1 heterocycles. The normalized spacial score (nSPS) is 46.8. The highest BCUT2D eigenvalue weighted by atomic mass is 16.7. The number of nitrogens with two attached hydrogens (primary N) is 1. The molecule has 3 aliphatic carbocycles. The molecule has 3 saturated carbocycles. The molecule has 0 amide bonds. The van der Waals surface area contributed by atoms with Gasteiger partial charge in [0.1, 0.15) is 0 Å². The minimum absolute atomic E-state index is 0.0206. The van der Waals surface area contributed by atoms with E-state index in [0.717, 1.165) is 12.3 Å². The Morgan fingerprint density at radius 3 is 2.44 bits per heavy atom. The van der Waals surface area contributed by atoms with Crippen molar-refractivity contribution in [3.05, 3.63) is 0 Å². The molecule has 0 unspecified atom stereocenters. The lowest BCUT2D eigenvalue weighted by Crippen LogP contribution is -2.65. The zero-order valence-electron chi connectivity index (χ0n) is 12.3. The maximum atomic E-state index is 6.31. The van der Waals surface area contributed by atoms with Crippen LogP contribution < -0.4 is 5.73 Å². The van der Waals surface area contributed by atoms with Gasteiger partial charge in [-0.05, 0) is 42.9 Å². The zero-order chi connectivity index (χ0) is 13.3. The first-order valence-corrected chi connectivity index (χ1v) is 7.35. The Morgan fingerprint density at radius 1 is 1.22 bits per heavy atom. The fraction of sp³-hybridized carbons (Fsp3) is 1.00. The lowest BCUT2D eigenvalue weighted by molar-refractivity contribution is -0.199. The molecule has 2 N–H and O–H groups in total. The quantitative estimate of drug-likeness (QED) is 0.765. The first kappa shape index (κ1) is 13.0. The largest absolute Gasteiger partial charge is 0.475 e. The first-order valence-electron chi connectivity index (χ1n) is 7.35. The highest BCUT2D eigenvalue weighted by Gasteiger charge is 2.68. The van der Waals surface area contributed by atoms with Crippen molar-refractivity contribution in [2.24, 2.45) is 28.9 Å². The van der Waals surface area contributed by atoms with E-state index < -0.39 is 0 Å². The van der Waals surface area contributed by atoms with Crippen molar-refractivity contribution in [2.75, 3.05) is 0 Å². The molecule has 0 aromatic carbocycles. The summed E-state index contributed by atoms with van der Waals surface area (Å²) in [7, 11) is -0.213. The molecule has 3 nitrogen and oxygen atoms in total. The molecule has 0 radical (unpaired) electrons. The average molecular weight is 251 g/mol. The summed E-state index contributed by atoms with van der Waals surface area (Å²) >= 11 is 0. The molecule has 4 rings (SSSR count). The topological polar surface area (TPSA) is 44.5 Å². The van der Waals surface area contributed by atoms with Crippen molar-refractivity contribution in [1.82, 2.24) is 0 Å². The minimum atomic E-state index is -0.213. The summed E-state index contributed by atoms with van der Waals surface area (Å²) in [6.07, 6.45) is 2.69. The van der Waals surface area contributed by atoms with Crippen LogP contribution in [-0.4, -0.2) is 24.8 Å². The molecule has 0 aromatic heterocycles. The van der Waals surface area contributed by atoms with Gasteiger partial charge >= 0.3 is 7.12 Å². The van der Waals surface area contributed by atoms with E-state index in [1.807, 2.05) is 0 Å². The second-order valence-corrected chi connectivity index (χ2v) is 7.66. The molecular weight excluding hydrogens is 225 g/mol. The van der Waals surface area contributed by atoms with Crippen LogP contribution in [0.15, 0.2) is 0 Å². The average Bonchev–Trinajstić information content (AvgIpc) is 2.63. The van der Waals surface area contributed by atoms with Gasteiger partial charge in [0.05, 0.1) is 11.7 Å². The van der Waals surface area contributed by atoms with E-state index in [0.29, 0.717) is 17.3 Å². The van der Waals surface area contributed by atoms with Crippen LogP contribution in [-0.2, 0) is 9.31 Å². The fourth-order valence-electron chi connectivity index (χ4n) is 4.38. The Labute approximate surface area is 111 Å². The summed E-state index contributed by atoms with van der Waals surface area (Å²) in [5, 5.41) is 0. The molecule has 4 fully saturated rings. The maximum absolute atomic E-state index is 6.31. The van der Waals surface area contributed by atoms with Gasteiger partial charge in [-0.2, -0.15) is 0 Å². The smallest absolute Gasteiger partial charge is 0.404 e.